The third kappa shape index (κ3) is 0.817. The Morgan fingerprint density at radius 2 is 2.45 bits per heavy atom. The third-order valence-corrected chi connectivity index (χ3v) is 3.04. The molecule has 0 unspecified atom stereocenters. The van der Waals surface area contributed by atoms with Crippen molar-refractivity contribution in [3.8, 4) is 0 Å². The van der Waals surface area contributed by atoms with Gasteiger partial charge >= 0.3 is 0 Å². The Hall–Kier alpha value is -0.790. The van der Waals surface area contributed by atoms with Gasteiger partial charge in [0.05, 0.1) is 0 Å². The number of rotatable bonds is 0. The van der Waals surface area contributed by atoms with Crippen LogP contribution < -0.4 is 5.32 Å². The number of nitrogens with one attached hydrogen (secondary N) is 1. The van der Waals surface area contributed by atoms with Crippen LogP contribution in [0.2, 0.25) is 0 Å². The number of fused-ring (bicyclic) bond motifs is 1. The summed E-state index contributed by atoms with van der Waals surface area (Å²) in [6, 6.07) is 0. The van der Waals surface area contributed by atoms with E-state index in [1.807, 2.05) is 0 Å². The van der Waals surface area contributed by atoms with Gasteiger partial charge in [-0.1, -0.05) is 5.57 Å². The summed E-state index contributed by atoms with van der Waals surface area (Å²) in [6.07, 6.45) is 4.10. The molecule has 1 fully saturated rings. The van der Waals surface area contributed by atoms with Crippen molar-refractivity contribution in [1.29, 1.82) is 0 Å². The van der Waals surface area contributed by atoms with E-state index >= 15 is 0 Å². The van der Waals surface area contributed by atoms with Crippen molar-refractivity contribution < 1.29 is 4.79 Å². The van der Waals surface area contributed by atoms with Crippen LogP contribution in [-0.2, 0) is 4.79 Å². The molecule has 0 bridgehead atoms. The molecule has 2 rings (SSSR count). The van der Waals surface area contributed by atoms with E-state index in [4.69, 9.17) is 0 Å². The Bertz CT molecular complexity index is 244. The van der Waals surface area contributed by atoms with Crippen LogP contribution in [0.5, 0.6) is 0 Å². The van der Waals surface area contributed by atoms with Gasteiger partial charge in [0.1, 0.15) is 0 Å². The third-order valence-electron chi connectivity index (χ3n) is 3.04. The summed E-state index contributed by atoms with van der Waals surface area (Å²) in [5.74, 6) is 0.696. The van der Waals surface area contributed by atoms with E-state index in [9.17, 15) is 4.79 Å². The van der Waals surface area contributed by atoms with Gasteiger partial charge < -0.3 is 5.32 Å². The van der Waals surface area contributed by atoms with E-state index in [-0.39, 0.29) is 11.4 Å². The van der Waals surface area contributed by atoms with E-state index in [0.717, 1.165) is 6.42 Å². The first-order valence-electron chi connectivity index (χ1n) is 4.12. The molecule has 0 saturated heterocycles. The average Bonchev–Trinajstić information content (AvgIpc) is 1.81. The first kappa shape index (κ1) is 6.89. The molecule has 1 aliphatic carbocycles. The van der Waals surface area contributed by atoms with Gasteiger partial charge in [-0.15, -0.1) is 0 Å². The second kappa shape index (κ2) is 1.87. The summed E-state index contributed by atoms with van der Waals surface area (Å²) in [6.45, 7) is 4.19. The van der Waals surface area contributed by atoms with Gasteiger partial charge in [-0.3, -0.25) is 4.79 Å². The quantitative estimate of drug-likeness (QED) is 0.554. The zero-order valence-corrected chi connectivity index (χ0v) is 6.98. The molecule has 1 heterocycles. The molecule has 0 radical (unpaired) electrons. The van der Waals surface area contributed by atoms with Crippen LogP contribution in [-0.4, -0.2) is 11.4 Å². The minimum absolute atomic E-state index is 0.0842. The molecule has 2 nitrogen and oxygen atoms in total. The van der Waals surface area contributed by atoms with E-state index in [1.54, 1.807) is 6.08 Å². The smallest absolute Gasteiger partial charge is 0.244 e. The van der Waals surface area contributed by atoms with Gasteiger partial charge in [0.15, 0.2) is 0 Å². The molecule has 0 spiro atoms. The fraction of sp³-hybridized carbons (Fsp3) is 0.667. The summed E-state index contributed by atoms with van der Waals surface area (Å²) in [4.78, 5) is 11.1. The Balaban J connectivity index is 2.32. The summed E-state index contributed by atoms with van der Waals surface area (Å²) in [5.41, 5.74) is 1.35. The molecule has 60 valence electrons. The Morgan fingerprint density at radius 3 is 2.91 bits per heavy atom. The monoisotopic (exact) mass is 151 g/mol. The standard InChI is InChI=1S/C9H13NO/c1-6-5-8(11)10-9(2)4-3-7(6)9/h5,7H,3-4H2,1-2H3,(H,10,11)/t7-,9-/m1/s1. The number of amides is 1. The van der Waals surface area contributed by atoms with Gasteiger partial charge in [0.25, 0.3) is 0 Å². The molecular weight excluding hydrogens is 138 g/mol. The van der Waals surface area contributed by atoms with E-state index in [2.05, 4.69) is 19.2 Å². The molecule has 1 saturated carbocycles. The maximum atomic E-state index is 11.1. The van der Waals surface area contributed by atoms with Crippen molar-refractivity contribution in [2.45, 2.75) is 32.2 Å². The lowest BCUT2D eigenvalue weighted by Gasteiger charge is -2.50. The molecule has 2 atom stereocenters. The average molecular weight is 151 g/mol. The zero-order valence-electron chi connectivity index (χ0n) is 6.98. The lowest BCUT2D eigenvalue weighted by atomic mass is 9.63. The molecule has 1 amide bonds. The topological polar surface area (TPSA) is 29.1 Å². The summed E-state index contributed by atoms with van der Waals surface area (Å²) < 4.78 is 0. The lowest BCUT2D eigenvalue weighted by Crippen LogP contribution is -2.60. The van der Waals surface area contributed by atoms with Crippen LogP contribution in [0, 0.1) is 5.92 Å². The molecule has 1 aliphatic heterocycles. The van der Waals surface area contributed by atoms with Crippen molar-refractivity contribution in [1.82, 2.24) is 5.32 Å². The van der Waals surface area contributed by atoms with E-state index in [0.29, 0.717) is 5.92 Å². The van der Waals surface area contributed by atoms with E-state index < -0.39 is 0 Å². The first-order chi connectivity index (χ1) is 5.12. The van der Waals surface area contributed by atoms with Crippen molar-refractivity contribution >= 4 is 5.91 Å². The molecule has 0 aromatic rings. The van der Waals surface area contributed by atoms with Crippen LogP contribution in [0.25, 0.3) is 0 Å². The normalized spacial score (nSPS) is 41.8. The van der Waals surface area contributed by atoms with Crippen LogP contribution >= 0.6 is 0 Å². The highest BCUT2D eigenvalue weighted by Gasteiger charge is 2.46. The van der Waals surface area contributed by atoms with Crippen LogP contribution in [0.1, 0.15) is 26.7 Å². The molecule has 0 aromatic carbocycles. The number of hydrogen-bond acceptors (Lipinski definition) is 1. The summed E-state index contributed by atoms with van der Waals surface area (Å²) in [5, 5.41) is 3.01. The van der Waals surface area contributed by atoms with Gasteiger partial charge in [0, 0.05) is 17.5 Å². The Morgan fingerprint density at radius 1 is 1.73 bits per heavy atom. The highest BCUT2D eigenvalue weighted by atomic mass is 16.1. The largest absolute Gasteiger partial charge is 0.347 e. The van der Waals surface area contributed by atoms with Gasteiger partial charge in [-0.25, -0.2) is 0 Å². The lowest BCUT2D eigenvalue weighted by molar-refractivity contribution is -0.121. The minimum atomic E-state index is 0.0842. The zero-order chi connectivity index (χ0) is 8.06. The maximum Gasteiger partial charge on any atom is 0.244 e. The second-order valence-electron chi connectivity index (χ2n) is 3.89. The fourth-order valence-corrected chi connectivity index (χ4v) is 2.23. The fourth-order valence-electron chi connectivity index (χ4n) is 2.23. The number of carbonyl (C=O) groups excluding carboxylic acids is 1. The minimum Gasteiger partial charge on any atom is -0.347 e. The van der Waals surface area contributed by atoms with E-state index in [1.165, 1.54) is 12.0 Å². The van der Waals surface area contributed by atoms with Crippen molar-refractivity contribution in [3.63, 3.8) is 0 Å². The molecule has 1 N–H and O–H groups in total. The SMILES string of the molecule is CC1=CC(=O)N[C@]2(C)CC[C@H]12. The van der Waals surface area contributed by atoms with Gasteiger partial charge in [-0.05, 0) is 26.7 Å². The summed E-state index contributed by atoms with van der Waals surface area (Å²) >= 11 is 0. The summed E-state index contributed by atoms with van der Waals surface area (Å²) in [7, 11) is 0. The molecule has 0 aromatic heterocycles. The predicted octanol–water partition coefficient (Wildman–Crippen LogP) is 1.23. The van der Waals surface area contributed by atoms with Crippen LogP contribution in [0.3, 0.4) is 0 Å². The maximum absolute atomic E-state index is 11.1. The highest BCUT2D eigenvalue weighted by Crippen LogP contribution is 2.44. The molecular formula is C9H13NO. The predicted molar refractivity (Wildman–Crippen MR) is 43.0 cm³/mol. The number of hydrogen-bond donors (Lipinski definition) is 1. The van der Waals surface area contributed by atoms with Gasteiger partial charge in [-0.2, -0.15) is 0 Å². The Kier molecular flexibility index (Phi) is 1.17. The van der Waals surface area contributed by atoms with Crippen molar-refractivity contribution in [2.24, 2.45) is 5.92 Å². The van der Waals surface area contributed by atoms with Crippen LogP contribution in [0.4, 0.5) is 0 Å². The van der Waals surface area contributed by atoms with Crippen LogP contribution in [0.15, 0.2) is 11.6 Å². The van der Waals surface area contributed by atoms with Crippen molar-refractivity contribution in [3.05, 3.63) is 11.6 Å². The second-order valence-corrected chi connectivity index (χ2v) is 3.89. The highest BCUT2D eigenvalue weighted by molar-refractivity contribution is 5.90. The Labute approximate surface area is 66.7 Å². The molecule has 2 aliphatic rings. The van der Waals surface area contributed by atoms with Gasteiger partial charge in [0.2, 0.25) is 5.91 Å². The number of carbonyl (C=O) groups is 1. The molecule has 11 heavy (non-hydrogen) atoms. The van der Waals surface area contributed by atoms with Crippen molar-refractivity contribution in [2.75, 3.05) is 0 Å². The molecule has 2 heteroatoms. The first-order valence-corrected chi connectivity index (χ1v) is 4.12.